The van der Waals surface area contributed by atoms with Gasteiger partial charge < -0.3 is 19.8 Å². The minimum absolute atomic E-state index is 0.270. The van der Waals surface area contributed by atoms with Crippen molar-refractivity contribution in [2.75, 3.05) is 6.61 Å². The van der Waals surface area contributed by atoms with Gasteiger partial charge in [-0.25, -0.2) is 9.13 Å². The smallest absolute Gasteiger partial charge is 0.386 e. The second-order valence-electron chi connectivity index (χ2n) is 2.70. The molecular formula is C5H12O8P2. The highest BCUT2D eigenvalue weighted by Crippen LogP contribution is 2.57. The van der Waals surface area contributed by atoms with Crippen LogP contribution in [0.25, 0.3) is 0 Å². The van der Waals surface area contributed by atoms with Crippen molar-refractivity contribution in [3.05, 3.63) is 12.2 Å². The topological polar surface area (TPSA) is 134 Å². The highest BCUT2D eigenvalue weighted by atomic mass is 31.3. The Bertz CT molecular complexity index is 319. The molecule has 15 heavy (non-hydrogen) atoms. The Morgan fingerprint density at radius 1 is 1.40 bits per heavy atom. The van der Waals surface area contributed by atoms with Crippen molar-refractivity contribution >= 4 is 15.6 Å². The van der Waals surface area contributed by atoms with Crippen LogP contribution in [0.4, 0.5) is 0 Å². The van der Waals surface area contributed by atoms with Gasteiger partial charge in [-0.05, 0) is 12.5 Å². The summed E-state index contributed by atoms with van der Waals surface area (Å²) >= 11 is 0. The van der Waals surface area contributed by atoms with Crippen molar-refractivity contribution in [1.29, 1.82) is 0 Å². The van der Waals surface area contributed by atoms with Crippen molar-refractivity contribution in [3.8, 4) is 0 Å². The Kier molecular flexibility index (Phi) is 5.32. The first-order valence-corrected chi connectivity index (χ1v) is 6.64. The van der Waals surface area contributed by atoms with Crippen LogP contribution >= 0.6 is 15.6 Å². The Morgan fingerprint density at radius 3 is 2.20 bits per heavy atom. The number of phosphoric ester groups is 1. The van der Waals surface area contributed by atoms with Crippen LogP contribution in [-0.2, 0) is 18.0 Å². The number of rotatable bonds is 6. The highest BCUT2D eigenvalue weighted by Gasteiger charge is 2.32. The van der Waals surface area contributed by atoms with Gasteiger partial charge in [0.15, 0.2) is 0 Å². The monoisotopic (exact) mass is 262 g/mol. The Balaban J connectivity index is 4.23. The molecule has 0 aromatic heterocycles. The molecule has 0 rings (SSSR count). The van der Waals surface area contributed by atoms with E-state index in [1.54, 1.807) is 0 Å². The molecule has 0 aliphatic rings. The van der Waals surface area contributed by atoms with E-state index in [0.717, 1.165) is 0 Å². The molecule has 0 aromatic rings. The summed E-state index contributed by atoms with van der Waals surface area (Å²) in [7, 11) is -9.98. The number of phosphoric acid groups is 2. The molecule has 10 heteroatoms. The van der Waals surface area contributed by atoms with Crippen LogP contribution in [0.3, 0.4) is 0 Å². The lowest BCUT2D eigenvalue weighted by molar-refractivity contribution is 0.104. The van der Waals surface area contributed by atoms with Gasteiger partial charge in [-0.2, -0.15) is 4.31 Å². The summed E-state index contributed by atoms with van der Waals surface area (Å²) < 4.78 is 28.6. The van der Waals surface area contributed by atoms with E-state index in [0.29, 0.717) is 0 Å². The van der Waals surface area contributed by atoms with Gasteiger partial charge >= 0.3 is 15.6 Å². The molecule has 0 fully saturated rings. The Morgan fingerprint density at radius 2 is 1.87 bits per heavy atom. The third-order valence-corrected chi connectivity index (χ3v) is 3.33. The van der Waals surface area contributed by atoms with Crippen LogP contribution in [0.15, 0.2) is 12.2 Å². The standard InChI is InChI=1S/C5H12O8P2/c1-4(2)5(6)3-12-15(10,11)13-14(7,8)9/h5-6H,1,3H2,2H3,(H,10,11)(H2,7,8,9). The van der Waals surface area contributed by atoms with Crippen molar-refractivity contribution in [2.24, 2.45) is 0 Å². The normalized spacial score (nSPS) is 18.2. The van der Waals surface area contributed by atoms with Crippen LogP contribution in [-0.4, -0.2) is 32.5 Å². The second kappa shape index (κ2) is 5.34. The minimum Gasteiger partial charge on any atom is -0.386 e. The summed E-state index contributed by atoms with van der Waals surface area (Å²) in [5, 5.41) is 9.08. The summed E-state index contributed by atoms with van der Waals surface area (Å²) in [6, 6.07) is 0. The fourth-order valence-electron chi connectivity index (χ4n) is 0.465. The van der Waals surface area contributed by atoms with Gasteiger partial charge in [0.05, 0.1) is 12.7 Å². The second-order valence-corrected chi connectivity index (χ2v) is 5.53. The number of aliphatic hydroxyl groups is 1. The van der Waals surface area contributed by atoms with E-state index in [1.165, 1.54) is 6.92 Å². The molecule has 90 valence electrons. The van der Waals surface area contributed by atoms with E-state index in [-0.39, 0.29) is 5.57 Å². The van der Waals surface area contributed by atoms with E-state index in [2.05, 4.69) is 15.4 Å². The van der Waals surface area contributed by atoms with Crippen molar-refractivity contribution < 1.29 is 37.8 Å². The van der Waals surface area contributed by atoms with Crippen LogP contribution in [0.5, 0.6) is 0 Å². The minimum atomic E-state index is -5.11. The predicted octanol–water partition coefficient (Wildman–Crippen LogP) is 0.150. The Hall–Kier alpha value is -0.0400. The maximum atomic E-state index is 10.8. The third-order valence-electron chi connectivity index (χ3n) is 1.17. The zero-order chi connectivity index (χ0) is 12.3. The molecule has 8 nitrogen and oxygen atoms in total. The molecule has 4 N–H and O–H groups in total. The van der Waals surface area contributed by atoms with Crippen LogP contribution in [0, 0.1) is 0 Å². The number of aliphatic hydroxyl groups excluding tert-OH is 1. The van der Waals surface area contributed by atoms with Crippen molar-refractivity contribution in [2.45, 2.75) is 13.0 Å². The summed E-state index contributed by atoms with van der Waals surface area (Å²) in [4.78, 5) is 25.2. The quantitative estimate of drug-likeness (QED) is 0.392. The molecule has 0 bridgehead atoms. The fourth-order valence-corrected chi connectivity index (χ4v) is 2.06. The van der Waals surface area contributed by atoms with E-state index in [1.807, 2.05) is 0 Å². The molecule has 2 unspecified atom stereocenters. The SMILES string of the molecule is C=C(C)C(O)COP(=O)(O)OP(=O)(O)O. The molecule has 0 saturated carbocycles. The van der Waals surface area contributed by atoms with Gasteiger partial charge in [0, 0.05) is 0 Å². The lowest BCUT2D eigenvalue weighted by atomic mass is 10.2. The average molecular weight is 262 g/mol. The zero-order valence-corrected chi connectivity index (χ0v) is 9.60. The van der Waals surface area contributed by atoms with Gasteiger partial charge in [0.1, 0.15) is 0 Å². The molecule has 2 atom stereocenters. The molecule has 0 heterocycles. The predicted molar refractivity (Wildman–Crippen MR) is 49.7 cm³/mol. The van der Waals surface area contributed by atoms with Crippen LogP contribution in [0.1, 0.15) is 6.92 Å². The van der Waals surface area contributed by atoms with Gasteiger partial charge in [0.2, 0.25) is 0 Å². The summed E-state index contributed by atoms with van der Waals surface area (Å²) in [6.45, 7) is 4.13. The molecule has 0 aromatic carbocycles. The maximum absolute atomic E-state index is 10.8. The fraction of sp³-hybridized carbons (Fsp3) is 0.600. The van der Waals surface area contributed by atoms with Gasteiger partial charge in [-0.15, -0.1) is 0 Å². The highest BCUT2D eigenvalue weighted by molar-refractivity contribution is 7.60. The summed E-state index contributed by atoms with van der Waals surface area (Å²) in [5.74, 6) is 0. The van der Waals surface area contributed by atoms with E-state index < -0.39 is 28.4 Å². The van der Waals surface area contributed by atoms with Crippen LogP contribution in [0.2, 0.25) is 0 Å². The van der Waals surface area contributed by atoms with E-state index in [9.17, 15) is 9.13 Å². The molecule has 0 radical (unpaired) electrons. The average Bonchev–Trinajstić information content (AvgIpc) is 1.95. The van der Waals surface area contributed by atoms with E-state index >= 15 is 0 Å². The van der Waals surface area contributed by atoms with Crippen molar-refractivity contribution in [3.63, 3.8) is 0 Å². The summed E-state index contributed by atoms with van der Waals surface area (Å²) in [5.41, 5.74) is 0.270. The van der Waals surface area contributed by atoms with E-state index in [4.69, 9.17) is 19.8 Å². The molecule has 0 aliphatic heterocycles. The molecule has 0 spiro atoms. The first-order chi connectivity index (χ1) is 6.53. The van der Waals surface area contributed by atoms with Gasteiger partial charge in [-0.1, -0.05) is 6.58 Å². The van der Waals surface area contributed by atoms with Crippen molar-refractivity contribution in [1.82, 2.24) is 0 Å². The largest absolute Gasteiger partial charge is 0.481 e. The lowest BCUT2D eigenvalue weighted by Gasteiger charge is -2.15. The molecular weight excluding hydrogens is 250 g/mol. The first-order valence-electron chi connectivity index (χ1n) is 3.61. The maximum Gasteiger partial charge on any atom is 0.481 e. The number of hydrogen-bond donors (Lipinski definition) is 4. The first kappa shape index (κ1) is 15.0. The third kappa shape index (κ3) is 7.84. The van der Waals surface area contributed by atoms with Gasteiger partial charge in [0.25, 0.3) is 0 Å². The number of hydrogen-bond acceptors (Lipinski definition) is 5. The molecule has 0 amide bonds. The molecule has 0 saturated heterocycles. The van der Waals surface area contributed by atoms with Crippen LogP contribution < -0.4 is 0 Å². The lowest BCUT2D eigenvalue weighted by Crippen LogP contribution is -2.15. The zero-order valence-electron chi connectivity index (χ0n) is 7.81. The Labute approximate surface area is 86.0 Å². The summed E-state index contributed by atoms with van der Waals surface area (Å²) in [6.07, 6.45) is -1.22. The molecule has 0 aliphatic carbocycles. The van der Waals surface area contributed by atoms with Gasteiger partial charge in [-0.3, -0.25) is 4.52 Å².